The molecule has 106 valence electrons. The minimum Gasteiger partial charge on any atom is -0.497 e. The Hall–Kier alpha value is -2.07. The Bertz CT molecular complexity index is 586. The number of halogens is 1. The first-order chi connectivity index (χ1) is 9.60. The standard InChI is InChI=1S/C16H18FNO2/c1-11-8-13(17)6-7-16(11)20-10-15(18)12-4-3-5-14(9-12)19-2/h3-9,15H,10,18H2,1-2H3. The Morgan fingerprint density at radius 3 is 2.70 bits per heavy atom. The van der Waals surface area contributed by atoms with E-state index in [9.17, 15) is 4.39 Å². The average molecular weight is 275 g/mol. The third kappa shape index (κ3) is 3.48. The van der Waals surface area contributed by atoms with E-state index in [1.54, 1.807) is 20.1 Å². The highest BCUT2D eigenvalue weighted by atomic mass is 19.1. The Kier molecular flexibility index (Phi) is 4.58. The molecule has 2 N–H and O–H groups in total. The fourth-order valence-electron chi connectivity index (χ4n) is 1.92. The van der Waals surface area contributed by atoms with Crippen molar-refractivity contribution in [3.63, 3.8) is 0 Å². The summed E-state index contributed by atoms with van der Waals surface area (Å²) >= 11 is 0. The normalized spacial score (nSPS) is 12.0. The van der Waals surface area contributed by atoms with Crippen LogP contribution in [0.2, 0.25) is 0 Å². The number of nitrogens with two attached hydrogens (primary N) is 1. The lowest BCUT2D eigenvalue weighted by molar-refractivity contribution is 0.288. The maximum Gasteiger partial charge on any atom is 0.123 e. The van der Waals surface area contributed by atoms with Crippen LogP contribution in [0.1, 0.15) is 17.2 Å². The maximum atomic E-state index is 13.0. The average Bonchev–Trinajstić information content (AvgIpc) is 2.46. The molecule has 0 bridgehead atoms. The van der Waals surface area contributed by atoms with Gasteiger partial charge in [0.2, 0.25) is 0 Å². The number of methoxy groups -OCH3 is 1. The lowest BCUT2D eigenvalue weighted by Gasteiger charge is -2.15. The molecule has 3 nitrogen and oxygen atoms in total. The van der Waals surface area contributed by atoms with Gasteiger partial charge in [-0.15, -0.1) is 0 Å². The molecule has 2 aromatic carbocycles. The Morgan fingerprint density at radius 2 is 2.00 bits per heavy atom. The van der Waals surface area contributed by atoms with Crippen LogP contribution in [0, 0.1) is 12.7 Å². The SMILES string of the molecule is COc1cccc(C(N)COc2ccc(F)cc2C)c1. The molecule has 0 radical (unpaired) electrons. The van der Waals surface area contributed by atoms with Crippen molar-refractivity contribution in [2.75, 3.05) is 13.7 Å². The summed E-state index contributed by atoms with van der Waals surface area (Å²) in [4.78, 5) is 0. The van der Waals surface area contributed by atoms with Gasteiger partial charge in [-0.3, -0.25) is 0 Å². The van der Waals surface area contributed by atoms with E-state index in [1.165, 1.54) is 12.1 Å². The molecule has 0 aliphatic carbocycles. The molecule has 4 heteroatoms. The number of aryl methyl sites for hydroxylation is 1. The summed E-state index contributed by atoms with van der Waals surface area (Å²) in [5, 5.41) is 0. The van der Waals surface area contributed by atoms with Crippen molar-refractivity contribution in [3.05, 3.63) is 59.4 Å². The topological polar surface area (TPSA) is 44.5 Å². The first kappa shape index (κ1) is 14.3. The summed E-state index contributed by atoms with van der Waals surface area (Å²) in [5.41, 5.74) is 7.78. The smallest absolute Gasteiger partial charge is 0.123 e. The quantitative estimate of drug-likeness (QED) is 0.911. The van der Waals surface area contributed by atoms with E-state index in [0.717, 1.165) is 16.9 Å². The van der Waals surface area contributed by atoms with Crippen LogP contribution in [0.5, 0.6) is 11.5 Å². The van der Waals surface area contributed by atoms with Crippen LogP contribution in [-0.4, -0.2) is 13.7 Å². The summed E-state index contributed by atoms with van der Waals surface area (Å²) in [6.45, 7) is 2.12. The van der Waals surface area contributed by atoms with Crippen molar-refractivity contribution < 1.29 is 13.9 Å². The molecule has 0 saturated carbocycles. The van der Waals surface area contributed by atoms with Gasteiger partial charge in [-0.2, -0.15) is 0 Å². The molecule has 0 fully saturated rings. The van der Waals surface area contributed by atoms with Crippen molar-refractivity contribution in [2.45, 2.75) is 13.0 Å². The molecule has 0 saturated heterocycles. The van der Waals surface area contributed by atoms with Gasteiger partial charge in [0.1, 0.15) is 23.9 Å². The fourth-order valence-corrected chi connectivity index (χ4v) is 1.92. The molecule has 1 atom stereocenters. The van der Waals surface area contributed by atoms with Crippen LogP contribution in [-0.2, 0) is 0 Å². The van der Waals surface area contributed by atoms with Gasteiger partial charge in [-0.05, 0) is 48.4 Å². The summed E-state index contributed by atoms with van der Waals surface area (Å²) in [7, 11) is 1.61. The van der Waals surface area contributed by atoms with Gasteiger partial charge in [0.05, 0.1) is 13.2 Å². The zero-order chi connectivity index (χ0) is 14.5. The summed E-state index contributed by atoms with van der Waals surface area (Å²) in [5.74, 6) is 1.13. The molecule has 0 aliphatic rings. The zero-order valence-electron chi connectivity index (χ0n) is 11.6. The molecule has 0 heterocycles. The predicted octanol–water partition coefficient (Wildman–Crippen LogP) is 3.22. The maximum absolute atomic E-state index is 13.0. The number of hydrogen-bond donors (Lipinski definition) is 1. The van der Waals surface area contributed by atoms with E-state index in [2.05, 4.69) is 0 Å². The van der Waals surface area contributed by atoms with Gasteiger partial charge in [-0.1, -0.05) is 12.1 Å². The first-order valence-electron chi connectivity index (χ1n) is 6.38. The van der Waals surface area contributed by atoms with Crippen LogP contribution in [0.15, 0.2) is 42.5 Å². The summed E-state index contributed by atoms with van der Waals surface area (Å²) < 4.78 is 23.8. The molecule has 0 aliphatic heterocycles. The number of ether oxygens (including phenoxy) is 2. The second-order valence-electron chi connectivity index (χ2n) is 4.60. The number of rotatable bonds is 5. The Balaban J connectivity index is 2.02. The highest BCUT2D eigenvalue weighted by Gasteiger charge is 2.09. The minimum atomic E-state index is -0.271. The van der Waals surface area contributed by atoms with Crippen LogP contribution in [0.4, 0.5) is 4.39 Å². The molecular weight excluding hydrogens is 257 g/mol. The highest BCUT2D eigenvalue weighted by molar-refractivity contribution is 5.33. The van der Waals surface area contributed by atoms with Crippen molar-refractivity contribution in [3.8, 4) is 11.5 Å². The Morgan fingerprint density at radius 1 is 1.20 bits per heavy atom. The van der Waals surface area contributed by atoms with Gasteiger partial charge >= 0.3 is 0 Å². The fraction of sp³-hybridized carbons (Fsp3) is 0.250. The van der Waals surface area contributed by atoms with Gasteiger partial charge in [0.25, 0.3) is 0 Å². The first-order valence-corrected chi connectivity index (χ1v) is 6.38. The molecule has 2 aromatic rings. The predicted molar refractivity (Wildman–Crippen MR) is 76.6 cm³/mol. The van der Waals surface area contributed by atoms with E-state index in [1.807, 2.05) is 24.3 Å². The lowest BCUT2D eigenvalue weighted by Crippen LogP contribution is -2.19. The van der Waals surface area contributed by atoms with Crippen molar-refractivity contribution >= 4 is 0 Å². The Labute approximate surface area is 118 Å². The van der Waals surface area contributed by atoms with E-state index in [-0.39, 0.29) is 11.9 Å². The van der Waals surface area contributed by atoms with Gasteiger partial charge in [-0.25, -0.2) is 4.39 Å². The zero-order valence-corrected chi connectivity index (χ0v) is 11.6. The second-order valence-corrected chi connectivity index (χ2v) is 4.60. The third-order valence-electron chi connectivity index (χ3n) is 3.08. The molecule has 0 amide bonds. The van der Waals surface area contributed by atoms with E-state index in [0.29, 0.717) is 12.4 Å². The monoisotopic (exact) mass is 275 g/mol. The lowest BCUT2D eigenvalue weighted by atomic mass is 10.1. The van der Waals surface area contributed by atoms with Gasteiger partial charge in [0, 0.05) is 0 Å². The molecular formula is C16H18FNO2. The molecule has 0 aromatic heterocycles. The molecule has 2 rings (SSSR count). The van der Waals surface area contributed by atoms with Crippen LogP contribution in [0.3, 0.4) is 0 Å². The molecule has 0 spiro atoms. The number of benzene rings is 2. The van der Waals surface area contributed by atoms with Crippen molar-refractivity contribution in [2.24, 2.45) is 5.73 Å². The number of hydrogen-bond acceptors (Lipinski definition) is 3. The minimum absolute atomic E-state index is 0.269. The van der Waals surface area contributed by atoms with E-state index >= 15 is 0 Å². The van der Waals surface area contributed by atoms with Crippen LogP contribution in [0.25, 0.3) is 0 Å². The van der Waals surface area contributed by atoms with Crippen LogP contribution < -0.4 is 15.2 Å². The summed E-state index contributed by atoms with van der Waals surface area (Å²) in [6.07, 6.45) is 0. The van der Waals surface area contributed by atoms with E-state index < -0.39 is 0 Å². The third-order valence-corrected chi connectivity index (χ3v) is 3.08. The molecule has 1 unspecified atom stereocenters. The van der Waals surface area contributed by atoms with E-state index in [4.69, 9.17) is 15.2 Å². The molecule has 20 heavy (non-hydrogen) atoms. The van der Waals surface area contributed by atoms with Crippen molar-refractivity contribution in [1.29, 1.82) is 0 Å². The van der Waals surface area contributed by atoms with Gasteiger partial charge < -0.3 is 15.2 Å². The summed E-state index contributed by atoms with van der Waals surface area (Å²) in [6, 6.07) is 11.7. The highest BCUT2D eigenvalue weighted by Crippen LogP contribution is 2.21. The van der Waals surface area contributed by atoms with Gasteiger partial charge in [0.15, 0.2) is 0 Å². The largest absolute Gasteiger partial charge is 0.497 e. The van der Waals surface area contributed by atoms with Crippen molar-refractivity contribution in [1.82, 2.24) is 0 Å². The second kappa shape index (κ2) is 6.39. The van der Waals surface area contributed by atoms with Crippen LogP contribution >= 0.6 is 0 Å².